The Balaban J connectivity index is 0.00000242. The van der Waals surface area contributed by atoms with E-state index in [4.69, 9.17) is 9.73 Å². The van der Waals surface area contributed by atoms with Crippen molar-refractivity contribution in [1.29, 1.82) is 0 Å². The molecule has 0 aromatic heterocycles. The molecule has 0 spiro atoms. The molecule has 0 aromatic rings. The van der Waals surface area contributed by atoms with E-state index in [1.807, 2.05) is 0 Å². The third kappa shape index (κ3) is 6.20. The van der Waals surface area contributed by atoms with Crippen LogP contribution in [0, 0.1) is 11.3 Å². The van der Waals surface area contributed by atoms with Crippen LogP contribution < -0.4 is 5.32 Å². The number of rotatable bonds is 7. The summed E-state index contributed by atoms with van der Waals surface area (Å²) in [5.74, 6) is 1.76. The quantitative estimate of drug-likeness (QED) is 0.373. The molecule has 1 saturated heterocycles. The molecule has 2 rings (SSSR count). The van der Waals surface area contributed by atoms with E-state index in [1.54, 1.807) is 0 Å². The second-order valence-electron chi connectivity index (χ2n) is 6.59. The molecule has 1 heterocycles. The van der Waals surface area contributed by atoms with Gasteiger partial charge in [0.05, 0.1) is 13.2 Å². The number of guanidine groups is 1. The van der Waals surface area contributed by atoms with Crippen molar-refractivity contribution >= 4 is 29.9 Å². The normalized spacial score (nSPS) is 21.1. The summed E-state index contributed by atoms with van der Waals surface area (Å²) in [5, 5.41) is 12.8. The van der Waals surface area contributed by atoms with Crippen molar-refractivity contribution in [2.45, 2.75) is 39.0 Å². The zero-order chi connectivity index (χ0) is 15.1. The predicted molar refractivity (Wildman–Crippen MR) is 101 cm³/mol. The molecule has 22 heavy (non-hydrogen) atoms. The first-order chi connectivity index (χ1) is 10.2. The maximum absolute atomic E-state index is 9.40. The van der Waals surface area contributed by atoms with Crippen LogP contribution in [0.15, 0.2) is 4.99 Å². The average molecular weight is 425 g/mol. The van der Waals surface area contributed by atoms with Gasteiger partial charge in [-0.05, 0) is 44.9 Å². The van der Waals surface area contributed by atoms with Crippen LogP contribution in [0.25, 0.3) is 0 Å². The number of aliphatic hydroxyl groups excluding tert-OH is 1. The van der Waals surface area contributed by atoms with Gasteiger partial charge < -0.3 is 20.1 Å². The van der Waals surface area contributed by atoms with Crippen LogP contribution in [0.2, 0.25) is 0 Å². The lowest BCUT2D eigenvalue weighted by Gasteiger charge is -2.27. The fourth-order valence-electron chi connectivity index (χ4n) is 2.77. The highest BCUT2D eigenvalue weighted by atomic mass is 127. The van der Waals surface area contributed by atoms with Gasteiger partial charge in [0.25, 0.3) is 0 Å². The monoisotopic (exact) mass is 425 g/mol. The first kappa shape index (κ1) is 20.0. The van der Waals surface area contributed by atoms with E-state index in [-0.39, 0.29) is 36.0 Å². The molecule has 2 aliphatic rings. The fourth-order valence-corrected chi connectivity index (χ4v) is 2.77. The number of halogens is 1. The molecule has 1 aliphatic heterocycles. The van der Waals surface area contributed by atoms with Crippen molar-refractivity contribution in [3.05, 3.63) is 0 Å². The molecule has 2 N–H and O–H groups in total. The van der Waals surface area contributed by atoms with Gasteiger partial charge in [-0.1, -0.05) is 0 Å². The van der Waals surface area contributed by atoms with Gasteiger partial charge in [0, 0.05) is 38.8 Å². The Morgan fingerprint density at radius 3 is 2.59 bits per heavy atom. The number of aliphatic hydroxyl groups is 1. The first-order valence-electron chi connectivity index (χ1n) is 8.37. The molecular formula is C16H32IN3O2. The summed E-state index contributed by atoms with van der Waals surface area (Å²) >= 11 is 0. The lowest BCUT2D eigenvalue weighted by atomic mass is 9.96. The molecule has 6 heteroatoms. The minimum Gasteiger partial charge on any atom is -0.396 e. The minimum absolute atomic E-state index is 0. The van der Waals surface area contributed by atoms with Crippen molar-refractivity contribution in [2.24, 2.45) is 16.3 Å². The topological polar surface area (TPSA) is 57.1 Å². The van der Waals surface area contributed by atoms with Crippen LogP contribution in [0.5, 0.6) is 0 Å². The van der Waals surface area contributed by atoms with Gasteiger partial charge in [0.2, 0.25) is 0 Å². The summed E-state index contributed by atoms with van der Waals surface area (Å²) in [7, 11) is 2.11. The van der Waals surface area contributed by atoms with Crippen molar-refractivity contribution in [3.8, 4) is 0 Å². The van der Waals surface area contributed by atoms with E-state index < -0.39 is 0 Å². The Morgan fingerprint density at radius 2 is 2.05 bits per heavy atom. The summed E-state index contributed by atoms with van der Waals surface area (Å²) < 4.78 is 5.41. The van der Waals surface area contributed by atoms with Gasteiger partial charge in [-0.3, -0.25) is 4.99 Å². The van der Waals surface area contributed by atoms with Gasteiger partial charge in [-0.15, -0.1) is 24.0 Å². The number of ether oxygens (including phenoxy) is 1. The molecule has 1 aliphatic carbocycles. The van der Waals surface area contributed by atoms with Gasteiger partial charge >= 0.3 is 0 Å². The Hall–Kier alpha value is -0.0800. The SMILES string of the molecule is CCNC(=NCC1(CO)CC1)N(C)CCC1CCOCC1.I. The van der Waals surface area contributed by atoms with Crippen LogP contribution in [-0.2, 0) is 4.74 Å². The third-order valence-electron chi connectivity index (χ3n) is 4.77. The van der Waals surface area contributed by atoms with E-state index in [2.05, 4.69) is 24.2 Å². The van der Waals surface area contributed by atoms with Crippen LogP contribution in [0.1, 0.15) is 39.0 Å². The lowest BCUT2D eigenvalue weighted by molar-refractivity contribution is 0.0625. The Bertz CT molecular complexity index is 342. The Kier molecular flexibility index (Phi) is 9.01. The van der Waals surface area contributed by atoms with Crippen molar-refractivity contribution < 1.29 is 9.84 Å². The summed E-state index contributed by atoms with van der Waals surface area (Å²) in [4.78, 5) is 6.96. The van der Waals surface area contributed by atoms with Gasteiger partial charge in [-0.2, -0.15) is 0 Å². The number of nitrogens with one attached hydrogen (secondary N) is 1. The van der Waals surface area contributed by atoms with E-state index in [9.17, 15) is 5.11 Å². The second-order valence-corrected chi connectivity index (χ2v) is 6.59. The van der Waals surface area contributed by atoms with Gasteiger partial charge in [-0.25, -0.2) is 0 Å². The highest BCUT2D eigenvalue weighted by Gasteiger charge is 2.41. The summed E-state index contributed by atoms with van der Waals surface area (Å²) in [6.45, 7) is 6.86. The molecule has 1 saturated carbocycles. The maximum atomic E-state index is 9.40. The van der Waals surface area contributed by atoms with Crippen LogP contribution in [0.3, 0.4) is 0 Å². The van der Waals surface area contributed by atoms with Crippen molar-refractivity contribution in [2.75, 3.05) is 46.5 Å². The molecular weight excluding hydrogens is 393 g/mol. The highest BCUT2D eigenvalue weighted by Crippen LogP contribution is 2.45. The number of hydrogen-bond acceptors (Lipinski definition) is 3. The molecule has 0 atom stereocenters. The predicted octanol–water partition coefficient (Wildman–Crippen LogP) is 2.09. The smallest absolute Gasteiger partial charge is 0.193 e. The molecule has 0 amide bonds. The Morgan fingerprint density at radius 1 is 1.36 bits per heavy atom. The lowest BCUT2D eigenvalue weighted by Crippen LogP contribution is -2.40. The molecule has 5 nitrogen and oxygen atoms in total. The maximum Gasteiger partial charge on any atom is 0.193 e. The van der Waals surface area contributed by atoms with Crippen molar-refractivity contribution in [3.63, 3.8) is 0 Å². The summed E-state index contributed by atoms with van der Waals surface area (Å²) in [6.07, 6.45) is 5.80. The molecule has 0 aromatic carbocycles. The molecule has 0 radical (unpaired) electrons. The molecule has 0 bridgehead atoms. The largest absolute Gasteiger partial charge is 0.396 e. The van der Waals surface area contributed by atoms with E-state index in [0.29, 0.717) is 0 Å². The fraction of sp³-hybridized carbons (Fsp3) is 0.938. The van der Waals surface area contributed by atoms with E-state index in [0.717, 1.165) is 57.6 Å². The second kappa shape index (κ2) is 9.93. The van der Waals surface area contributed by atoms with E-state index in [1.165, 1.54) is 19.3 Å². The number of hydrogen-bond donors (Lipinski definition) is 2. The van der Waals surface area contributed by atoms with Crippen molar-refractivity contribution in [1.82, 2.24) is 10.2 Å². The van der Waals surface area contributed by atoms with Crippen LogP contribution in [0.4, 0.5) is 0 Å². The molecule has 0 unspecified atom stereocenters. The molecule has 2 fully saturated rings. The average Bonchev–Trinajstić information content (AvgIpc) is 3.30. The summed E-state index contributed by atoms with van der Waals surface area (Å²) in [6, 6.07) is 0. The standard InChI is InChI=1S/C16H31N3O2.HI/c1-3-17-15(18-12-16(13-20)7-8-16)19(2)9-4-14-5-10-21-11-6-14;/h14,20H,3-13H2,1-2H3,(H,17,18);1H. The molecule has 130 valence electrons. The summed E-state index contributed by atoms with van der Waals surface area (Å²) in [5.41, 5.74) is 0.0855. The number of aliphatic imine (C=N–C) groups is 1. The Labute approximate surface area is 151 Å². The van der Waals surface area contributed by atoms with Gasteiger partial charge in [0.1, 0.15) is 0 Å². The van der Waals surface area contributed by atoms with E-state index >= 15 is 0 Å². The highest BCUT2D eigenvalue weighted by molar-refractivity contribution is 14.0. The minimum atomic E-state index is 0. The van der Waals surface area contributed by atoms with Gasteiger partial charge in [0.15, 0.2) is 5.96 Å². The zero-order valence-corrected chi connectivity index (χ0v) is 16.3. The van der Waals surface area contributed by atoms with Crippen LogP contribution >= 0.6 is 24.0 Å². The number of nitrogens with zero attached hydrogens (tertiary/aromatic N) is 2. The first-order valence-corrected chi connectivity index (χ1v) is 8.37. The van der Waals surface area contributed by atoms with Crippen LogP contribution in [-0.4, -0.2) is 62.5 Å². The zero-order valence-electron chi connectivity index (χ0n) is 14.0. The third-order valence-corrected chi connectivity index (χ3v) is 4.77.